The first-order chi connectivity index (χ1) is 8.85. The van der Waals surface area contributed by atoms with Crippen molar-refractivity contribution in [1.82, 2.24) is 15.1 Å². The van der Waals surface area contributed by atoms with Crippen LogP contribution in [0.2, 0.25) is 0 Å². The van der Waals surface area contributed by atoms with Crippen molar-refractivity contribution in [2.45, 2.75) is 32.2 Å². The molecule has 0 amide bonds. The molecule has 0 rings (SSSR count). The third kappa shape index (κ3) is 7.50. The standard InChI is InChI=1S/C14H31N3O2/c1-7-9-15-14(2,13(18)19-6)12-17(5)11-8-10-16(3)4/h15H,7-12H2,1-6H3. The summed E-state index contributed by atoms with van der Waals surface area (Å²) in [7, 11) is 7.63. The summed E-state index contributed by atoms with van der Waals surface area (Å²) < 4.78 is 4.92. The molecule has 0 spiro atoms. The highest BCUT2D eigenvalue weighted by Gasteiger charge is 2.34. The lowest BCUT2D eigenvalue weighted by molar-refractivity contribution is -0.148. The molecule has 1 atom stereocenters. The van der Waals surface area contributed by atoms with Gasteiger partial charge in [0.2, 0.25) is 0 Å². The Bertz CT molecular complexity index is 259. The van der Waals surface area contributed by atoms with Gasteiger partial charge in [-0.3, -0.25) is 4.79 Å². The van der Waals surface area contributed by atoms with Crippen LogP contribution in [0.15, 0.2) is 0 Å². The Labute approximate surface area is 118 Å². The van der Waals surface area contributed by atoms with Crippen LogP contribution < -0.4 is 5.32 Å². The third-order valence-corrected chi connectivity index (χ3v) is 3.13. The van der Waals surface area contributed by atoms with E-state index in [0.717, 1.165) is 32.5 Å². The Balaban J connectivity index is 4.34. The number of nitrogens with one attached hydrogen (secondary N) is 1. The van der Waals surface area contributed by atoms with Gasteiger partial charge in [0, 0.05) is 6.54 Å². The number of hydrogen-bond donors (Lipinski definition) is 1. The van der Waals surface area contributed by atoms with Crippen molar-refractivity contribution in [3.8, 4) is 0 Å². The SMILES string of the molecule is CCCNC(C)(CN(C)CCCN(C)C)C(=O)OC. The molecule has 0 aromatic rings. The normalized spacial score (nSPS) is 14.7. The molecule has 1 unspecified atom stereocenters. The van der Waals surface area contributed by atoms with Crippen LogP contribution in [0.3, 0.4) is 0 Å². The minimum Gasteiger partial charge on any atom is -0.468 e. The summed E-state index contributed by atoms with van der Waals surface area (Å²) in [5.41, 5.74) is -0.627. The lowest BCUT2D eigenvalue weighted by Gasteiger charge is -2.32. The third-order valence-electron chi connectivity index (χ3n) is 3.13. The molecular formula is C14H31N3O2. The topological polar surface area (TPSA) is 44.8 Å². The summed E-state index contributed by atoms with van der Waals surface area (Å²) in [5, 5.41) is 3.30. The van der Waals surface area contributed by atoms with E-state index in [1.165, 1.54) is 7.11 Å². The van der Waals surface area contributed by atoms with Gasteiger partial charge in [-0.25, -0.2) is 0 Å². The van der Waals surface area contributed by atoms with Gasteiger partial charge in [-0.2, -0.15) is 0 Å². The molecule has 0 bridgehead atoms. The van der Waals surface area contributed by atoms with Crippen molar-refractivity contribution in [1.29, 1.82) is 0 Å². The van der Waals surface area contributed by atoms with Gasteiger partial charge in [0.05, 0.1) is 7.11 Å². The van der Waals surface area contributed by atoms with Crippen molar-refractivity contribution < 1.29 is 9.53 Å². The van der Waals surface area contributed by atoms with Crippen molar-refractivity contribution in [2.24, 2.45) is 0 Å². The number of ether oxygens (including phenoxy) is 1. The molecule has 19 heavy (non-hydrogen) atoms. The predicted octanol–water partition coefficient (Wildman–Crippen LogP) is 0.801. The maximum Gasteiger partial charge on any atom is 0.327 e. The number of likely N-dealkylation sites (N-methyl/N-ethyl adjacent to an activating group) is 1. The number of carbonyl (C=O) groups excluding carboxylic acids is 1. The second-order valence-corrected chi connectivity index (χ2v) is 5.65. The first-order valence-corrected chi connectivity index (χ1v) is 7.02. The highest BCUT2D eigenvalue weighted by molar-refractivity contribution is 5.80. The minimum absolute atomic E-state index is 0.194. The van der Waals surface area contributed by atoms with Gasteiger partial charge >= 0.3 is 5.97 Å². The lowest BCUT2D eigenvalue weighted by Crippen LogP contribution is -2.57. The molecule has 0 saturated heterocycles. The monoisotopic (exact) mass is 273 g/mol. The highest BCUT2D eigenvalue weighted by atomic mass is 16.5. The summed E-state index contributed by atoms with van der Waals surface area (Å²) in [4.78, 5) is 16.3. The van der Waals surface area contributed by atoms with E-state index < -0.39 is 5.54 Å². The van der Waals surface area contributed by atoms with E-state index in [-0.39, 0.29) is 5.97 Å². The van der Waals surface area contributed by atoms with Gasteiger partial charge in [-0.15, -0.1) is 0 Å². The first-order valence-electron chi connectivity index (χ1n) is 7.02. The predicted molar refractivity (Wildman–Crippen MR) is 79.4 cm³/mol. The van der Waals surface area contributed by atoms with Crippen LogP contribution in [0.5, 0.6) is 0 Å². The first kappa shape index (κ1) is 18.4. The summed E-state index contributed by atoms with van der Waals surface area (Å²) in [6, 6.07) is 0. The molecule has 5 nitrogen and oxygen atoms in total. The molecule has 0 aromatic carbocycles. The van der Waals surface area contributed by atoms with Crippen LogP contribution in [0.1, 0.15) is 26.7 Å². The zero-order chi connectivity index (χ0) is 14.9. The highest BCUT2D eigenvalue weighted by Crippen LogP contribution is 2.09. The van der Waals surface area contributed by atoms with Crippen LogP contribution >= 0.6 is 0 Å². The van der Waals surface area contributed by atoms with E-state index in [9.17, 15) is 4.79 Å². The zero-order valence-electron chi connectivity index (χ0n) is 13.5. The molecule has 0 radical (unpaired) electrons. The van der Waals surface area contributed by atoms with E-state index in [2.05, 4.69) is 36.1 Å². The van der Waals surface area contributed by atoms with E-state index in [1.54, 1.807) is 0 Å². The van der Waals surface area contributed by atoms with Gasteiger partial charge in [0.15, 0.2) is 0 Å². The maximum atomic E-state index is 11.9. The fraction of sp³-hybridized carbons (Fsp3) is 0.929. The fourth-order valence-corrected chi connectivity index (χ4v) is 2.09. The van der Waals surface area contributed by atoms with Crippen molar-refractivity contribution in [2.75, 3.05) is 54.4 Å². The average Bonchev–Trinajstić information content (AvgIpc) is 2.34. The van der Waals surface area contributed by atoms with Crippen LogP contribution in [0.25, 0.3) is 0 Å². The summed E-state index contributed by atoms with van der Waals surface area (Å²) in [5.74, 6) is -0.194. The van der Waals surface area contributed by atoms with Gasteiger partial charge < -0.3 is 19.9 Å². The molecule has 5 heteroatoms. The second kappa shape index (κ2) is 9.28. The van der Waals surface area contributed by atoms with E-state index >= 15 is 0 Å². The Morgan fingerprint density at radius 2 is 1.89 bits per heavy atom. The molecular weight excluding hydrogens is 242 g/mol. The maximum absolute atomic E-state index is 11.9. The van der Waals surface area contributed by atoms with Crippen molar-refractivity contribution in [3.05, 3.63) is 0 Å². The van der Waals surface area contributed by atoms with Gasteiger partial charge in [-0.1, -0.05) is 6.92 Å². The van der Waals surface area contributed by atoms with E-state index in [1.807, 2.05) is 14.0 Å². The number of methoxy groups -OCH3 is 1. The largest absolute Gasteiger partial charge is 0.468 e. The van der Waals surface area contributed by atoms with Crippen LogP contribution in [-0.2, 0) is 9.53 Å². The number of esters is 1. The van der Waals surface area contributed by atoms with Crippen LogP contribution in [0, 0.1) is 0 Å². The van der Waals surface area contributed by atoms with Crippen molar-refractivity contribution in [3.63, 3.8) is 0 Å². The second-order valence-electron chi connectivity index (χ2n) is 5.65. The molecule has 0 saturated carbocycles. The van der Waals surface area contributed by atoms with Gasteiger partial charge in [-0.05, 0) is 60.5 Å². The minimum atomic E-state index is -0.627. The number of hydrogen-bond acceptors (Lipinski definition) is 5. The Morgan fingerprint density at radius 1 is 1.26 bits per heavy atom. The molecule has 0 aliphatic heterocycles. The Hall–Kier alpha value is -0.650. The number of nitrogens with zero attached hydrogens (tertiary/aromatic N) is 2. The Kier molecular flexibility index (Phi) is 8.97. The number of rotatable bonds is 10. The summed E-state index contributed by atoms with van der Waals surface area (Å²) in [6.45, 7) is 7.51. The van der Waals surface area contributed by atoms with E-state index in [4.69, 9.17) is 4.74 Å². The fourth-order valence-electron chi connectivity index (χ4n) is 2.09. The molecule has 0 aromatic heterocycles. The van der Waals surface area contributed by atoms with Crippen LogP contribution in [-0.4, -0.2) is 75.7 Å². The molecule has 0 aliphatic carbocycles. The van der Waals surface area contributed by atoms with Crippen molar-refractivity contribution >= 4 is 5.97 Å². The molecule has 0 fully saturated rings. The van der Waals surface area contributed by atoms with Gasteiger partial charge in [0.25, 0.3) is 0 Å². The Morgan fingerprint density at radius 3 is 2.37 bits per heavy atom. The summed E-state index contributed by atoms with van der Waals surface area (Å²) >= 11 is 0. The lowest BCUT2D eigenvalue weighted by atomic mass is 10.0. The van der Waals surface area contributed by atoms with Crippen LogP contribution in [0.4, 0.5) is 0 Å². The molecule has 114 valence electrons. The number of carbonyl (C=O) groups is 1. The molecule has 1 N–H and O–H groups in total. The molecule has 0 heterocycles. The van der Waals surface area contributed by atoms with Gasteiger partial charge in [0.1, 0.15) is 5.54 Å². The average molecular weight is 273 g/mol. The quantitative estimate of drug-likeness (QED) is 0.597. The smallest absolute Gasteiger partial charge is 0.327 e. The molecule has 0 aliphatic rings. The zero-order valence-corrected chi connectivity index (χ0v) is 13.5. The van der Waals surface area contributed by atoms with E-state index in [0.29, 0.717) is 6.54 Å². The summed E-state index contributed by atoms with van der Waals surface area (Å²) in [6.07, 6.45) is 2.09.